The molecule has 0 aliphatic heterocycles. The first kappa shape index (κ1) is 18.4. The van der Waals surface area contributed by atoms with Crippen molar-refractivity contribution in [3.05, 3.63) is 77.7 Å². The second kappa shape index (κ2) is 7.47. The number of fused-ring (bicyclic) bond motifs is 1. The Morgan fingerprint density at radius 2 is 2.00 bits per heavy atom. The van der Waals surface area contributed by atoms with Crippen LogP contribution in [-0.4, -0.2) is 15.5 Å². The van der Waals surface area contributed by atoms with Crippen molar-refractivity contribution in [3.63, 3.8) is 0 Å². The monoisotopic (exact) mass is 435 g/mol. The minimum Gasteiger partial charge on any atom is -0.348 e. The largest absolute Gasteiger partial charge is 0.348 e. The van der Waals surface area contributed by atoms with Gasteiger partial charge in [-0.25, -0.2) is 0 Å². The van der Waals surface area contributed by atoms with Gasteiger partial charge in [-0.1, -0.05) is 33.6 Å². The second-order valence-corrected chi connectivity index (χ2v) is 6.98. The van der Waals surface area contributed by atoms with Gasteiger partial charge in [-0.05, 0) is 42.8 Å². The quantitative estimate of drug-likeness (QED) is 0.617. The number of rotatable bonds is 4. The van der Waals surface area contributed by atoms with Gasteiger partial charge >= 0.3 is 11.1 Å². The molecule has 6 nitrogen and oxygen atoms in total. The minimum absolute atomic E-state index is 0.272. The number of H-pyrrole nitrogens is 1. The lowest BCUT2D eigenvalue weighted by Gasteiger charge is -2.10. The molecule has 2 N–H and O–H groups in total. The van der Waals surface area contributed by atoms with Crippen LogP contribution in [-0.2, 0) is 13.1 Å². The zero-order valence-corrected chi connectivity index (χ0v) is 16.1. The zero-order chi connectivity index (χ0) is 18.8. The van der Waals surface area contributed by atoms with Crippen molar-refractivity contribution >= 4 is 44.5 Å². The van der Waals surface area contributed by atoms with E-state index >= 15 is 0 Å². The summed E-state index contributed by atoms with van der Waals surface area (Å²) in [6, 6.07) is 10.2. The van der Waals surface area contributed by atoms with Gasteiger partial charge in [-0.2, -0.15) is 0 Å². The summed E-state index contributed by atoms with van der Waals surface area (Å²) in [7, 11) is 0. The van der Waals surface area contributed by atoms with Crippen molar-refractivity contribution < 1.29 is 4.79 Å². The van der Waals surface area contributed by atoms with E-state index < -0.39 is 11.1 Å². The van der Waals surface area contributed by atoms with E-state index in [4.69, 9.17) is 11.6 Å². The summed E-state index contributed by atoms with van der Waals surface area (Å²) < 4.78 is 2.23. The molecule has 134 valence electrons. The Labute approximate surface area is 161 Å². The third kappa shape index (κ3) is 3.59. The van der Waals surface area contributed by atoms with Crippen LogP contribution in [0, 0.1) is 0 Å². The molecule has 26 heavy (non-hydrogen) atoms. The molecule has 0 unspecified atom stereocenters. The maximum absolute atomic E-state index is 12.4. The molecule has 3 aromatic rings. The number of halogens is 2. The van der Waals surface area contributed by atoms with Gasteiger partial charge in [0.25, 0.3) is 5.91 Å². The van der Waals surface area contributed by atoms with E-state index in [1.165, 1.54) is 4.57 Å². The van der Waals surface area contributed by atoms with E-state index in [9.17, 15) is 14.4 Å². The Morgan fingerprint density at radius 1 is 1.23 bits per heavy atom. The van der Waals surface area contributed by atoms with Gasteiger partial charge in [0.1, 0.15) is 0 Å². The van der Waals surface area contributed by atoms with E-state index in [0.717, 1.165) is 10.0 Å². The zero-order valence-electron chi connectivity index (χ0n) is 13.8. The van der Waals surface area contributed by atoms with Crippen molar-refractivity contribution in [2.75, 3.05) is 0 Å². The first-order valence-electron chi connectivity index (χ1n) is 7.89. The van der Waals surface area contributed by atoms with Crippen LogP contribution in [0.5, 0.6) is 0 Å². The van der Waals surface area contributed by atoms with Crippen LogP contribution < -0.4 is 16.4 Å². The maximum atomic E-state index is 12.4. The van der Waals surface area contributed by atoms with Crippen LogP contribution in [0.15, 0.2) is 50.5 Å². The lowest BCUT2D eigenvalue weighted by Crippen LogP contribution is -2.36. The first-order valence-corrected chi connectivity index (χ1v) is 9.07. The lowest BCUT2D eigenvalue weighted by molar-refractivity contribution is 0.0951. The smallest absolute Gasteiger partial charge is 0.316 e. The number of carbonyl (C=O) groups excluding carboxylic acids is 1. The van der Waals surface area contributed by atoms with Crippen LogP contribution in [0.2, 0.25) is 5.02 Å². The first-order chi connectivity index (χ1) is 12.4. The van der Waals surface area contributed by atoms with Crippen LogP contribution in [0.3, 0.4) is 0 Å². The summed E-state index contributed by atoms with van der Waals surface area (Å²) in [6.07, 6.45) is 0. The molecule has 2 aromatic carbocycles. The number of amides is 1. The second-order valence-electron chi connectivity index (χ2n) is 5.65. The predicted octanol–water partition coefficient (Wildman–Crippen LogP) is 3.06. The standard InChI is InChI=1S/C18H15BrClN3O3/c1-2-23-15-6-4-10(7-14(15)22-17(25)18(23)26)16(24)21-9-11-3-5-12(19)8-13(11)20/h3-8H,2,9H2,1H3,(H,21,24)(H,22,25). The number of aromatic nitrogens is 2. The Balaban J connectivity index is 1.88. The summed E-state index contributed by atoms with van der Waals surface area (Å²) in [5.41, 5.74) is 0.857. The lowest BCUT2D eigenvalue weighted by atomic mass is 10.1. The van der Waals surface area contributed by atoms with Crippen LogP contribution in [0.1, 0.15) is 22.8 Å². The SMILES string of the molecule is CCn1c(=O)c(=O)[nH]c2cc(C(=O)NCc3ccc(Br)cc3Cl)ccc21. The maximum Gasteiger partial charge on any atom is 0.316 e. The Hall–Kier alpha value is -2.38. The number of aryl methyl sites for hydroxylation is 1. The molecule has 0 bridgehead atoms. The molecule has 0 saturated carbocycles. The molecule has 0 aliphatic carbocycles. The Kier molecular flexibility index (Phi) is 5.29. The molecule has 1 amide bonds. The Bertz CT molecular complexity index is 1120. The van der Waals surface area contributed by atoms with Crippen LogP contribution in [0.4, 0.5) is 0 Å². The molecule has 0 spiro atoms. The molecular formula is C18H15BrClN3O3. The molecule has 8 heteroatoms. The molecule has 1 aromatic heterocycles. The summed E-state index contributed by atoms with van der Waals surface area (Å²) in [4.78, 5) is 38.6. The number of hydrogen-bond acceptors (Lipinski definition) is 3. The van der Waals surface area contributed by atoms with E-state index in [1.54, 1.807) is 31.2 Å². The molecular weight excluding hydrogens is 422 g/mol. The highest BCUT2D eigenvalue weighted by atomic mass is 79.9. The number of carbonyl (C=O) groups is 1. The van der Waals surface area contributed by atoms with Gasteiger partial charge in [-0.3, -0.25) is 14.4 Å². The van der Waals surface area contributed by atoms with E-state index in [2.05, 4.69) is 26.2 Å². The number of nitrogens with zero attached hydrogens (tertiary/aromatic N) is 1. The number of hydrogen-bond donors (Lipinski definition) is 2. The normalized spacial score (nSPS) is 10.9. The average Bonchev–Trinajstić information content (AvgIpc) is 2.61. The molecule has 0 atom stereocenters. The van der Waals surface area contributed by atoms with Gasteiger partial charge in [-0.15, -0.1) is 0 Å². The topological polar surface area (TPSA) is 84.0 Å². The summed E-state index contributed by atoms with van der Waals surface area (Å²) in [5, 5.41) is 3.35. The highest BCUT2D eigenvalue weighted by Crippen LogP contribution is 2.21. The van der Waals surface area contributed by atoms with Crippen molar-refractivity contribution in [3.8, 4) is 0 Å². The van der Waals surface area contributed by atoms with Gasteiger partial charge in [0.05, 0.1) is 11.0 Å². The molecule has 0 saturated heterocycles. The van der Waals surface area contributed by atoms with Crippen molar-refractivity contribution in [1.29, 1.82) is 0 Å². The molecule has 0 fully saturated rings. The molecule has 0 radical (unpaired) electrons. The third-order valence-corrected chi connectivity index (χ3v) is 4.85. The summed E-state index contributed by atoms with van der Waals surface area (Å²) >= 11 is 9.48. The fraction of sp³-hybridized carbons (Fsp3) is 0.167. The van der Waals surface area contributed by atoms with Crippen LogP contribution >= 0.6 is 27.5 Å². The van der Waals surface area contributed by atoms with Crippen molar-refractivity contribution in [1.82, 2.24) is 14.9 Å². The highest BCUT2D eigenvalue weighted by molar-refractivity contribution is 9.10. The van der Waals surface area contributed by atoms with Gasteiger partial charge in [0.2, 0.25) is 0 Å². The molecule has 3 rings (SSSR count). The van der Waals surface area contributed by atoms with Crippen LogP contribution in [0.25, 0.3) is 11.0 Å². The van der Waals surface area contributed by atoms with E-state index in [0.29, 0.717) is 28.2 Å². The van der Waals surface area contributed by atoms with Gasteiger partial charge in [0, 0.05) is 28.1 Å². The van der Waals surface area contributed by atoms with Gasteiger partial charge in [0.15, 0.2) is 0 Å². The summed E-state index contributed by atoms with van der Waals surface area (Å²) in [5.74, 6) is -0.305. The molecule has 1 heterocycles. The van der Waals surface area contributed by atoms with Crippen molar-refractivity contribution in [2.45, 2.75) is 20.0 Å². The summed E-state index contributed by atoms with van der Waals surface area (Å²) in [6.45, 7) is 2.42. The fourth-order valence-electron chi connectivity index (χ4n) is 2.68. The Morgan fingerprint density at radius 3 is 2.69 bits per heavy atom. The van der Waals surface area contributed by atoms with Crippen molar-refractivity contribution in [2.24, 2.45) is 0 Å². The number of aromatic amines is 1. The minimum atomic E-state index is -0.710. The average molecular weight is 437 g/mol. The predicted molar refractivity (Wildman–Crippen MR) is 105 cm³/mol. The van der Waals surface area contributed by atoms with E-state index in [1.807, 2.05) is 12.1 Å². The number of benzene rings is 2. The third-order valence-electron chi connectivity index (χ3n) is 4.01. The van der Waals surface area contributed by atoms with E-state index in [-0.39, 0.29) is 12.5 Å². The fourth-order valence-corrected chi connectivity index (χ4v) is 3.42. The highest BCUT2D eigenvalue weighted by Gasteiger charge is 2.11. The number of nitrogens with one attached hydrogen (secondary N) is 2. The van der Waals surface area contributed by atoms with Gasteiger partial charge < -0.3 is 14.9 Å². The molecule has 0 aliphatic rings.